The van der Waals surface area contributed by atoms with E-state index in [9.17, 15) is 4.79 Å². The molecule has 0 aliphatic carbocycles. The first-order chi connectivity index (χ1) is 7.76. The molecule has 0 bridgehead atoms. The monoisotopic (exact) mass is 216 g/mol. The molecule has 0 atom stereocenters. The number of nitriles is 1. The van der Waals surface area contributed by atoms with Gasteiger partial charge in [0.2, 0.25) is 0 Å². The predicted octanol–water partition coefficient (Wildman–Crippen LogP) is 0.741. The molecule has 6 heteroatoms. The van der Waals surface area contributed by atoms with Gasteiger partial charge < -0.3 is 4.74 Å². The molecular formula is C10H8N4O2. The number of ether oxygens (including phenoxy) is 1. The smallest absolute Gasteiger partial charge is 0.337 e. The van der Waals surface area contributed by atoms with Crippen LogP contribution < -0.4 is 0 Å². The second kappa shape index (κ2) is 3.98. The first-order valence-corrected chi connectivity index (χ1v) is 4.55. The van der Waals surface area contributed by atoms with Crippen LogP contribution in [0.5, 0.6) is 0 Å². The lowest BCUT2D eigenvalue weighted by Gasteiger charge is -1.99. The zero-order valence-corrected chi connectivity index (χ0v) is 8.54. The standard InChI is InChI=1S/C10H8N4O2/c1-16-10(15)7-2-3-8-9(6-7)14(5-4-11)13-12-8/h2-3,6H,5H2,1H3. The summed E-state index contributed by atoms with van der Waals surface area (Å²) in [4.78, 5) is 11.3. The molecule has 1 heterocycles. The summed E-state index contributed by atoms with van der Waals surface area (Å²) in [5.41, 5.74) is 1.70. The number of esters is 1. The summed E-state index contributed by atoms with van der Waals surface area (Å²) in [6.45, 7) is 0.0983. The normalized spacial score (nSPS) is 10.0. The molecule has 0 fully saturated rings. The molecule has 0 amide bonds. The van der Waals surface area contributed by atoms with E-state index < -0.39 is 5.97 Å². The van der Waals surface area contributed by atoms with Crippen molar-refractivity contribution in [3.8, 4) is 6.07 Å². The molecule has 6 nitrogen and oxygen atoms in total. The van der Waals surface area contributed by atoms with E-state index in [4.69, 9.17) is 5.26 Å². The maximum atomic E-state index is 11.3. The molecule has 0 spiro atoms. The number of carbonyl (C=O) groups excluding carboxylic acids is 1. The molecule has 1 aromatic carbocycles. The minimum atomic E-state index is -0.424. The fraction of sp³-hybridized carbons (Fsp3) is 0.200. The van der Waals surface area contributed by atoms with Crippen molar-refractivity contribution in [1.29, 1.82) is 5.26 Å². The van der Waals surface area contributed by atoms with Gasteiger partial charge in [-0.25, -0.2) is 9.48 Å². The summed E-state index contributed by atoms with van der Waals surface area (Å²) in [6.07, 6.45) is 0. The van der Waals surface area contributed by atoms with Crippen molar-refractivity contribution in [1.82, 2.24) is 15.0 Å². The van der Waals surface area contributed by atoms with Crippen LogP contribution in [0.1, 0.15) is 10.4 Å². The summed E-state index contributed by atoms with van der Waals surface area (Å²) in [6, 6.07) is 6.86. The van der Waals surface area contributed by atoms with Crippen LogP contribution in [0.25, 0.3) is 11.0 Å². The van der Waals surface area contributed by atoms with Crippen molar-refractivity contribution in [2.75, 3.05) is 7.11 Å². The van der Waals surface area contributed by atoms with Gasteiger partial charge in [-0.15, -0.1) is 5.10 Å². The van der Waals surface area contributed by atoms with Crippen molar-refractivity contribution >= 4 is 17.0 Å². The number of aromatic nitrogens is 3. The molecule has 0 saturated carbocycles. The minimum absolute atomic E-state index is 0.0983. The molecular weight excluding hydrogens is 208 g/mol. The van der Waals surface area contributed by atoms with Crippen molar-refractivity contribution in [2.45, 2.75) is 6.54 Å². The SMILES string of the molecule is COC(=O)c1ccc2nnn(CC#N)c2c1. The highest BCUT2D eigenvalue weighted by molar-refractivity contribution is 5.93. The van der Waals surface area contributed by atoms with Gasteiger partial charge in [-0.1, -0.05) is 5.21 Å². The Bertz CT molecular complexity index is 582. The van der Waals surface area contributed by atoms with Gasteiger partial charge in [0.15, 0.2) is 0 Å². The van der Waals surface area contributed by atoms with E-state index in [1.54, 1.807) is 18.2 Å². The second-order valence-electron chi connectivity index (χ2n) is 3.10. The van der Waals surface area contributed by atoms with E-state index in [2.05, 4.69) is 15.0 Å². The zero-order valence-electron chi connectivity index (χ0n) is 8.54. The van der Waals surface area contributed by atoms with Gasteiger partial charge in [0.05, 0.1) is 24.3 Å². The predicted molar refractivity (Wildman–Crippen MR) is 54.5 cm³/mol. The maximum absolute atomic E-state index is 11.3. The van der Waals surface area contributed by atoms with Crippen LogP contribution in [0.15, 0.2) is 18.2 Å². The van der Waals surface area contributed by atoms with E-state index in [0.717, 1.165) is 0 Å². The number of nitrogens with zero attached hydrogens (tertiary/aromatic N) is 4. The van der Waals surface area contributed by atoms with Gasteiger partial charge in [0, 0.05) is 0 Å². The lowest BCUT2D eigenvalue weighted by molar-refractivity contribution is 0.0601. The Labute approximate surface area is 91.0 Å². The van der Waals surface area contributed by atoms with E-state index in [1.807, 2.05) is 6.07 Å². The van der Waals surface area contributed by atoms with Crippen LogP contribution in [-0.2, 0) is 11.3 Å². The zero-order chi connectivity index (χ0) is 11.5. The third-order valence-electron chi connectivity index (χ3n) is 2.16. The average molecular weight is 216 g/mol. The van der Waals surface area contributed by atoms with Crippen LogP contribution in [0.3, 0.4) is 0 Å². The fourth-order valence-corrected chi connectivity index (χ4v) is 1.39. The van der Waals surface area contributed by atoms with Crippen molar-refractivity contribution in [3.05, 3.63) is 23.8 Å². The van der Waals surface area contributed by atoms with Gasteiger partial charge in [-0.2, -0.15) is 5.26 Å². The molecule has 2 aromatic rings. The van der Waals surface area contributed by atoms with Gasteiger partial charge in [-0.05, 0) is 18.2 Å². The Morgan fingerprint density at radius 1 is 1.62 bits per heavy atom. The van der Waals surface area contributed by atoms with Crippen molar-refractivity contribution in [2.24, 2.45) is 0 Å². The van der Waals surface area contributed by atoms with Gasteiger partial charge in [0.1, 0.15) is 12.1 Å². The summed E-state index contributed by atoms with van der Waals surface area (Å²) < 4.78 is 6.04. The molecule has 80 valence electrons. The largest absolute Gasteiger partial charge is 0.465 e. The fourth-order valence-electron chi connectivity index (χ4n) is 1.39. The molecule has 0 radical (unpaired) electrons. The molecule has 1 aromatic heterocycles. The highest BCUT2D eigenvalue weighted by Gasteiger charge is 2.09. The van der Waals surface area contributed by atoms with Crippen LogP contribution in [-0.4, -0.2) is 28.1 Å². The van der Waals surface area contributed by atoms with Crippen molar-refractivity contribution in [3.63, 3.8) is 0 Å². The summed E-state index contributed by atoms with van der Waals surface area (Å²) in [5, 5.41) is 16.3. The van der Waals surface area contributed by atoms with E-state index in [1.165, 1.54) is 11.8 Å². The average Bonchev–Trinajstić information content (AvgIpc) is 2.71. The van der Waals surface area contributed by atoms with E-state index >= 15 is 0 Å². The van der Waals surface area contributed by atoms with Crippen molar-refractivity contribution < 1.29 is 9.53 Å². The second-order valence-corrected chi connectivity index (χ2v) is 3.10. The summed E-state index contributed by atoms with van der Waals surface area (Å²) >= 11 is 0. The van der Waals surface area contributed by atoms with Crippen LogP contribution in [0.4, 0.5) is 0 Å². The number of hydrogen-bond acceptors (Lipinski definition) is 5. The number of methoxy groups -OCH3 is 1. The third-order valence-corrected chi connectivity index (χ3v) is 2.16. The lowest BCUT2D eigenvalue weighted by atomic mass is 10.2. The lowest BCUT2D eigenvalue weighted by Crippen LogP contribution is -2.02. The Morgan fingerprint density at radius 2 is 2.44 bits per heavy atom. The Morgan fingerprint density at radius 3 is 3.12 bits per heavy atom. The molecule has 0 saturated heterocycles. The summed E-state index contributed by atoms with van der Waals surface area (Å²) in [5.74, 6) is -0.424. The quantitative estimate of drug-likeness (QED) is 0.691. The van der Waals surface area contributed by atoms with Gasteiger partial charge in [0.25, 0.3) is 0 Å². The highest BCUT2D eigenvalue weighted by atomic mass is 16.5. The number of fused-ring (bicyclic) bond motifs is 1. The Hall–Kier alpha value is -2.42. The van der Waals surface area contributed by atoms with Crippen LogP contribution >= 0.6 is 0 Å². The Balaban J connectivity index is 2.55. The van der Waals surface area contributed by atoms with Gasteiger partial charge in [-0.3, -0.25) is 0 Å². The Kier molecular flexibility index (Phi) is 2.52. The van der Waals surface area contributed by atoms with Crippen LogP contribution in [0, 0.1) is 11.3 Å². The molecule has 0 unspecified atom stereocenters. The molecule has 0 aliphatic heterocycles. The number of carbonyl (C=O) groups is 1. The first-order valence-electron chi connectivity index (χ1n) is 4.55. The minimum Gasteiger partial charge on any atom is -0.465 e. The molecule has 0 N–H and O–H groups in total. The van der Waals surface area contributed by atoms with E-state index in [0.29, 0.717) is 16.6 Å². The first kappa shape index (κ1) is 10.1. The van der Waals surface area contributed by atoms with Gasteiger partial charge >= 0.3 is 5.97 Å². The third kappa shape index (κ3) is 1.59. The number of hydrogen-bond donors (Lipinski definition) is 0. The number of benzene rings is 1. The molecule has 0 aliphatic rings. The van der Waals surface area contributed by atoms with E-state index in [-0.39, 0.29) is 6.54 Å². The van der Waals surface area contributed by atoms with Crippen LogP contribution in [0.2, 0.25) is 0 Å². The topological polar surface area (TPSA) is 80.8 Å². The summed E-state index contributed by atoms with van der Waals surface area (Å²) in [7, 11) is 1.32. The highest BCUT2D eigenvalue weighted by Crippen LogP contribution is 2.14. The molecule has 2 rings (SSSR count). The maximum Gasteiger partial charge on any atom is 0.337 e. The number of rotatable bonds is 2. The molecule has 16 heavy (non-hydrogen) atoms.